The molecule has 0 aliphatic carbocycles. The molecule has 4 rings (SSSR count). The van der Waals surface area contributed by atoms with Gasteiger partial charge in [0, 0.05) is 10.9 Å². The second kappa shape index (κ2) is 8.21. The number of nitrogens with zero attached hydrogens (tertiary/aromatic N) is 1. The second-order valence-electron chi connectivity index (χ2n) is 6.92. The van der Waals surface area contributed by atoms with Crippen LogP contribution in [0.3, 0.4) is 0 Å². The van der Waals surface area contributed by atoms with Crippen molar-refractivity contribution in [3.8, 4) is 0 Å². The summed E-state index contributed by atoms with van der Waals surface area (Å²) >= 11 is 0. The van der Waals surface area contributed by atoms with Crippen LogP contribution in [-0.2, 0) is 4.74 Å². The number of rotatable bonds is 5. The Morgan fingerprint density at radius 1 is 0.667 bits per heavy atom. The van der Waals surface area contributed by atoms with E-state index in [2.05, 4.69) is 0 Å². The zero-order valence-corrected chi connectivity index (χ0v) is 16.8. The van der Waals surface area contributed by atoms with Gasteiger partial charge in [-0.1, -0.05) is 60.7 Å². The zero-order valence-electron chi connectivity index (χ0n) is 16.8. The molecule has 148 valence electrons. The predicted molar refractivity (Wildman–Crippen MR) is 120 cm³/mol. The monoisotopic (exact) mass is 395 g/mol. The maximum absolute atomic E-state index is 12.6. The highest BCUT2D eigenvalue weighted by Crippen LogP contribution is 2.41. The number of fused-ring (bicyclic) bond motifs is 1. The van der Waals surface area contributed by atoms with Gasteiger partial charge in [-0.15, -0.1) is 0 Å². The Kier molecular flexibility index (Phi) is 5.31. The maximum Gasteiger partial charge on any atom is 0.339 e. The van der Waals surface area contributed by atoms with Gasteiger partial charge in [-0.05, 0) is 42.6 Å². The van der Waals surface area contributed by atoms with Gasteiger partial charge in [-0.25, -0.2) is 4.79 Å². The Hall–Kier alpha value is -3.92. The number of esters is 1. The van der Waals surface area contributed by atoms with Gasteiger partial charge in [0.2, 0.25) is 0 Å². The van der Waals surface area contributed by atoms with Gasteiger partial charge in [0.1, 0.15) is 0 Å². The average molecular weight is 395 g/mol. The van der Waals surface area contributed by atoms with Crippen LogP contribution in [0.5, 0.6) is 0 Å². The summed E-state index contributed by atoms with van der Waals surface area (Å²) in [6.45, 7) is 1.55. The number of ether oxygens (including phenoxy) is 1. The first-order valence-electron chi connectivity index (χ1n) is 9.67. The topological polar surface area (TPSA) is 46.6 Å². The number of ketones is 1. The number of carbonyl (C=O) groups is 2. The maximum atomic E-state index is 12.6. The van der Waals surface area contributed by atoms with Crippen LogP contribution in [0.2, 0.25) is 0 Å². The highest BCUT2D eigenvalue weighted by Gasteiger charge is 2.24. The second-order valence-corrected chi connectivity index (χ2v) is 6.92. The largest absolute Gasteiger partial charge is 0.465 e. The zero-order chi connectivity index (χ0) is 21.1. The number of benzene rings is 4. The summed E-state index contributed by atoms with van der Waals surface area (Å²) in [6, 6.07) is 28.8. The Labute approximate surface area is 175 Å². The number of carbonyl (C=O) groups excluding carboxylic acids is 2. The lowest BCUT2D eigenvalue weighted by molar-refractivity contribution is 0.0601. The van der Waals surface area contributed by atoms with E-state index in [4.69, 9.17) is 4.74 Å². The third-order valence-electron chi connectivity index (χ3n) is 5.08. The lowest BCUT2D eigenvalue weighted by Gasteiger charge is -2.29. The van der Waals surface area contributed by atoms with E-state index in [0.29, 0.717) is 22.5 Å². The molecule has 4 nitrogen and oxygen atoms in total. The molecule has 0 aliphatic rings. The number of hydrogen-bond acceptors (Lipinski definition) is 4. The van der Waals surface area contributed by atoms with Crippen LogP contribution < -0.4 is 4.90 Å². The fraction of sp³-hybridized carbons (Fsp3) is 0.0769. The van der Waals surface area contributed by atoms with Crippen LogP contribution in [0.25, 0.3) is 10.8 Å². The first kappa shape index (κ1) is 19.4. The van der Waals surface area contributed by atoms with E-state index in [0.717, 1.165) is 16.5 Å². The van der Waals surface area contributed by atoms with Crippen molar-refractivity contribution in [2.45, 2.75) is 6.92 Å². The van der Waals surface area contributed by atoms with Crippen molar-refractivity contribution in [3.63, 3.8) is 0 Å². The van der Waals surface area contributed by atoms with Crippen molar-refractivity contribution in [2.75, 3.05) is 12.0 Å². The van der Waals surface area contributed by atoms with E-state index in [1.54, 1.807) is 25.1 Å². The number of para-hydroxylation sites is 2. The van der Waals surface area contributed by atoms with Crippen molar-refractivity contribution in [2.24, 2.45) is 0 Å². The van der Waals surface area contributed by atoms with Crippen LogP contribution in [-0.4, -0.2) is 18.9 Å². The van der Waals surface area contributed by atoms with Crippen LogP contribution in [0.4, 0.5) is 17.1 Å². The van der Waals surface area contributed by atoms with Gasteiger partial charge in [-0.2, -0.15) is 0 Å². The van der Waals surface area contributed by atoms with Crippen LogP contribution in [0.1, 0.15) is 27.6 Å². The first-order chi connectivity index (χ1) is 14.6. The molecule has 0 atom stereocenters. The molecule has 0 unspecified atom stereocenters. The molecule has 0 fully saturated rings. The molecule has 0 aromatic heterocycles. The molecule has 0 amide bonds. The third kappa shape index (κ3) is 3.44. The Morgan fingerprint density at radius 3 is 1.90 bits per heavy atom. The van der Waals surface area contributed by atoms with Gasteiger partial charge in [0.25, 0.3) is 0 Å². The molecule has 0 N–H and O–H groups in total. The normalized spacial score (nSPS) is 10.6. The van der Waals surface area contributed by atoms with E-state index in [1.165, 1.54) is 7.11 Å². The molecule has 0 saturated carbocycles. The minimum absolute atomic E-state index is 0.0496. The third-order valence-corrected chi connectivity index (χ3v) is 5.08. The van der Waals surface area contributed by atoms with Gasteiger partial charge in [-0.3, -0.25) is 4.79 Å². The fourth-order valence-corrected chi connectivity index (χ4v) is 3.71. The molecule has 0 spiro atoms. The quantitative estimate of drug-likeness (QED) is 0.294. The molecule has 0 heterocycles. The Balaban J connectivity index is 2.08. The highest BCUT2D eigenvalue weighted by atomic mass is 16.5. The first-order valence-corrected chi connectivity index (χ1v) is 9.67. The van der Waals surface area contributed by atoms with Gasteiger partial charge in [0.15, 0.2) is 5.78 Å². The van der Waals surface area contributed by atoms with E-state index < -0.39 is 5.97 Å². The van der Waals surface area contributed by atoms with Gasteiger partial charge in [0.05, 0.1) is 29.7 Å². The van der Waals surface area contributed by atoms with Gasteiger partial charge < -0.3 is 9.64 Å². The molecular formula is C26H21NO3. The molecule has 4 heteroatoms. The lowest BCUT2D eigenvalue weighted by Crippen LogP contribution is -2.17. The minimum atomic E-state index is -0.434. The molecule has 30 heavy (non-hydrogen) atoms. The minimum Gasteiger partial charge on any atom is -0.465 e. The summed E-state index contributed by atoms with van der Waals surface area (Å²) in [6.07, 6.45) is 0. The van der Waals surface area contributed by atoms with E-state index in [1.807, 2.05) is 77.7 Å². The predicted octanol–water partition coefficient (Wildman–Crippen LogP) is 6.30. The summed E-state index contributed by atoms with van der Waals surface area (Å²) < 4.78 is 5.03. The van der Waals surface area contributed by atoms with E-state index in [-0.39, 0.29) is 5.78 Å². The van der Waals surface area contributed by atoms with Crippen LogP contribution in [0.15, 0.2) is 91.0 Å². The average Bonchev–Trinajstić information content (AvgIpc) is 2.79. The number of hydrogen-bond donors (Lipinski definition) is 0. The van der Waals surface area contributed by atoms with Crippen molar-refractivity contribution in [1.82, 2.24) is 0 Å². The Morgan fingerprint density at radius 2 is 1.20 bits per heavy atom. The smallest absolute Gasteiger partial charge is 0.339 e. The molecule has 0 radical (unpaired) electrons. The Bertz CT molecular complexity index is 1240. The summed E-state index contributed by atoms with van der Waals surface area (Å²) in [5.74, 6) is -0.484. The molecule has 4 aromatic carbocycles. The van der Waals surface area contributed by atoms with Crippen LogP contribution in [0, 0.1) is 0 Å². The molecule has 0 saturated heterocycles. The number of anilines is 3. The molecular weight excluding hydrogens is 374 g/mol. The lowest BCUT2D eigenvalue weighted by atomic mass is 10.0. The highest BCUT2D eigenvalue weighted by molar-refractivity contribution is 6.07. The fourth-order valence-electron chi connectivity index (χ4n) is 3.71. The van der Waals surface area contributed by atoms with Crippen molar-refractivity contribution < 1.29 is 14.3 Å². The van der Waals surface area contributed by atoms with E-state index >= 15 is 0 Å². The summed E-state index contributed by atoms with van der Waals surface area (Å²) in [7, 11) is 1.37. The van der Waals surface area contributed by atoms with Gasteiger partial charge >= 0.3 is 5.97 Å². The van der Waals surface area contributed by atoms with Crippen molar-refractivity contribution in [3.05, 3.63) is 102 Å². The van der Waals surface area contributed by atoms with E-state index in [9.17, 15) is 9.59 Å². The molecule has 0 aliphatic heterocycles. The standard InChI is InChI=1S/C26H21NO3/c1-18(28)20-12-5-7-15-23(20)27(25-16-8-6-14-22(25)26(29)30-2)24-17-9-11-19-10-3-4-13-21(19)24/h3-17H,1-2H3. The van der Waals surface area contributed by atoms with Crippen molar-refractivity contribution in [1.29, 1.82) is 0 Å². The summed E-state index contributed by atoms with van der Waals surface area (Å²) in [5, 5.41) is 2.08. The molecule has 0 bridgehead atoms. The van der Waals surface area contributed by atoms with Crippen LogP contribution >= 0.6 is 0 Å². The SMILES string of the molecule is COC(=O)c1ccccc1N(c1ccccc1C(C)=O)c1cccc2ccccc12. The van der Waals surface area contributed by atoms with Crippen molar-refractivity contribution >= 4 is 39.6 Å². The summed E-state index contributed by atoms with van der Waals surface area (Å²) in [5.41, 5.74) is 3.22. The molecule has 4 aromatic rings. The number of Topliss-reactive ketones (excluding diaryl/α,β-unsaturated/α-hetero) is 1. The summed E-state index contributed by atoms with van der Waals surface area (Å²) in [4.78, 5) is 27.0. The number of methoxy groups -OCH3 is 1.